The van der Waals surface area contributed by atoms with Crippen LogP contribution in [0.25, 0.3) is 0 Å². The van der Waals surface area contributed by atoms with Crippen LogP contribution in [-0.4, -0.2) is 27.4 Å². The molecule has 7 heteroatoms. The molecule has 1 N–H and O–H groups in total. The Bertz CT molecular complexity index is 880. The van der Waals surface area contributed by atoms with Gasteiger partial charge in [0.25, 0.3) is 0 Å². The van der Waals surface area contributed by atoms with Crippen LogP contribution in [0.3, 0.4) is 0 Å². The van der Waals surface area contributed by atoms with Gasteiger partial charge in [0.15, 0.2) is 0 Å². The zero-order valence-corrected chi connectivity index (χ0v) is 16.7. The maximum atomic E-state index is 12.4. The van der Waals surface area contributed by atoms with E-state index in [1.807, 2.05) is 24.3 Å². The molecule has 0 saturated heterocycles. The minimum absolute atomic E-state index is 0.110. The van der Waals surface area contributed by atoms with E-state index < -0.39 is 10.0 Å². The fraction of sp³-hybridized carbons (Fsp3) is 0.316. The molecule has 0 unspecified atom stereocenters. The number of carbonyl (C=O) groups is 1. The lowest BCUT2D eigenvalue weighted by Gasteiger charge is -2.21. The van der Waals surface area contributed by atoms with Gasteiger partial charge >= 0.3 is 0 Å². The van der Waals surface area contributed by atoms with Crippen LogP contribution in [0.15, 0.2) is 47.4 Å². The summed E-state index contributed by atoms with van der Waals surface area (Å²) in [6.45, 7) is 5.63. The number of rotatable bonds is 7. The van der Waals surface area contributed by atoms with E-state index in [4.69, 9.17) is 11.6 Å². The number of hydrogen-bond acceptors (Lipinski definition) is 3. The van der Waals surface area contributed by atoms with Gasteiger partial charge in [0, 0.05) is 30.7 Å². The second kappa shape index (κ2) is 8.66. The van der Waals surface area contributed by atoms with Gasteiger partial charge in [-0.3, -0.25) is 4.79 Å². The smallest absolute Gasteiger partial charge is 0.240 e. The summed E-state index contributed by atoms with van der Waals surface area (Å²) in [6.07, 6.45) is 0.917. The van der Waals surface area contributed by atoms with Crippen LogP contribution in [0.1, 0.15) is 25.0 Å². The van der Waals surface area contributed by atoms with Gasteiger partial charge in [-0.15, -0.1) is 0 Å². The Morgan fingerprint density at radius 1 is 1.15 bits per heavy atom. The van der Waals surface area contributed by atoms with Crippen molar-refractivity contribution < 1.29 is 13.2 Å². The number of carbonyl (C=O) groups excluding carboxylic acids is 1. The molecule has 0 aromatic heterocycles. The number of amides is 1. The molecule has 0 fully saturated rings. The van der Waals surface area contributed by atoms with E-state index in [0.29, 0.717) is 10.6 Å². The summed E-state index contributed by atoms with van der Waals surface area (Å²) in [4.78, 5) is 13.6. The summed E-state index contributed by atoms with van der Waals surface area (Å²) in [5.74, 6) is -0.143. The Balaban J connectivity index is 2.06. The van der Waals surface area contributed by atoms with Gasteiger partial charge < -0.3 is 4.90 Å². The summed E-state index contributed by atoms with van der Waals surface area (Å²) < 4.78 is 27.4. The van der Waals surface area contributed by atoms with Gasteiger partial charge in [0.05, 0.1) is 4.90 Å². The fourth-order valence-electron chi connectivity index (χ4n) is 2.54. The number of aryl methyl sites for hydroxylation is 2. The van der Waals surface area contributed by atoms with Gasteiger partial charge in [0.2, 0.25) is 15.9 Å². The minimum Gasteiger partial charge on any atom is -0.311 e. The number of sulfonamides is 1. The van der Waals surface area contributed by atoms with Crippen molar-refractivity contribution >= 4 is 33.2 Å². The zero-order valence-electron chi connectivity index (χ0n) is 15.1. The van der Waals surface area contributed by atoms with Crippen molar-refractivity contribution in [3.8, 4) is 0 Å². The standard InChI is InChI=1S/C19H23ClN2O3S/c1-4-16-5-7-17(8-6-16)22(15(3)23)12-11-21-26(24,25)18-9-10-19(20)14(2)13-18/h5-10,13,21H,4,11-12H2,1-3H3. The second-order valence-electron chi connectivity index (χ2n) is 6.00. The van der Waals surface area contributed by atoms with Crippen molar-refractivity contribution in [2.24, 2.45) is 0 Å². The molecule has 2 aromatic carbocycles. The highest BCUT2D eigenvalue weighted by molar-refractivity contribution is 7.89. The van der Waals surface area contributed by atoms with E-state index in [1.165, 1.54) is 24.6 Å². The van der Waals surface area contributed by atoms with Crippen molar-refractivity contribution in [1.82, 2.24) is 4.72 Å². The van der Waals surface area contributed by atoms with Gasteiger partial charge in [-0.1, -0.05) is 30.7 Å². The van der Waals surface area contributed by atoms with E-state index in [0.717, 1.165) is 12.1 Å². The maximum Gasteiger partial charge on any atom is 0.240 e. The molecule has 0 saturated carbocycles. The molecule has 0 heterocycles. The highest BCUT2D eigenvalue weighted by Gasteiger charge is 2.17. The van der Waals surface area contributed by atoms with Gasteiger partial charge in [-0.2, -0.15) is 0 Å². The number of hydrogen-bond donors (Lipinski definition) is 1. The van der Waals surface area contributed by atoms with Crippen molar-refractivity contribution in [1.29, 1.82) is 0 Å². The number of halogens is 1. The average molecular weight is 395 g/mol. The van der Waals surface area contributed by atoms with E-state index in [9.17, 15) is 13.2 Å². The van der Waals surface area contributed by atoms with Crippen molar-refractivity contribution in [2.45, 2.75) is 32.1 Å². The predicted octanol–water partition coefficient (Wildman–Crippen LogP) is 3.54. The lowest BCUT2D eigenvalue weighted by Crippen LogP contribution is -2.37. The van der Waals surface area contributed by atoms with E-state index in [-0.39, 0.29) is 23.9 Å². The molecule has 5 nitrogen and oxygen atoms in total. The maximum absolute atomic E-state index is 12.4. The molecule has 26 heavy (non-hydrogen) atoms. The molecule has 0 spiro atoms. The first kappa shape index (κ1) is 20.4. The molecule has 0 aliphatic rings. The first-order valence-electron chi connectivity index (χ1n) is 8.37. The molecule has 0 aliphatic heterocycles. The number of nitrogens with zero attached hydrogens (tertiary/aromatic N) is 1. The number of anilines is 1. The first-order valence-corrected chi connectivity index (χ1v) is 10.2. The largest absolute Gasteiger partial charge is 0.311 e. The molecule has 2 rings (SSSR count). The topological polar surface area (TPSA) is 66.5 Å². The third-order valence-corrected chi connectivity index (χ3v) is 5.99. The Morgan fingerprint density at radius 3 is 2.35 bits per heavy atom. The van der Waals surface area contributed by atoms with E-state index in [1.54, 1.807) is 17.9 Å². The van der Waals surface area contributed by atoms with Crippen LogP contribution < -0.4 is 9.62 Å². The van der Waals surface area contributed by atoms with Crippen molar-refractivity contribution in [3.63, 3.8) is 0 Å². The van der Waals surface area contributed by atoms with Crippen LogP contribution in [0.4, 0.5) is 5.69 Å². The van der Waals surface area contributed by atoms with Crippen molar-refractivity contribution in [2.75, 3.05) is 18.0 Å². The summed E-state index contributed by atoms with van der Waals surface area (Å²) in [5.41, 5.74) is 2.61. The number of nitrogens with one attached hydrogen (secondary N) is 1. The lowest BCUT2D eigenvalue weighted by atomic mass is 10.1. The highest BCUT2D eigenvalue weighted by atomic mass is 35.5. The van der Waals surface area contributed by atoms with Gasteiger partial charge in [-0.05, 0) is 54.8 Å². The Morgan fingerprint density at radius 2 is 1.81 bits per heavy atom. The van der Waals surface area contributed by atoms with Crippen LogP contribution in [-0.2, 0) is 21.2 Å². The molecular formula is C19H23ClN2O3S. The molecule has 0 atom stereocenters. The van der Waals surface area contributed by atoms with Crippen LogP contribution >= 0.6 is 11.6 Å². The zero-order chi connectivity index (χ0) is 19.3. The fourth-order valence-corrected chi connectivity index (χ4v) is 3.76. The molecule has 0 radical (unpaired) electrons. The summed E-state index contributed by atoms with van der Waals surface area (Å²) >= 11 is 5.94. The van der Waals surface area contributed by atoms with Gasteiger partial charge in [-0.25, -0.2) is 13.1 Å². The molecule has 0 bridgehead atoms. The Hall–Kier alpha value is -1.89. The summed E-state index contributed by atoms with van der Waals surface area (Å²) in [6, 6.07) is 12.2. The molecular weight excluding hydrogens is 372 g/mol. The first-order chi connectivity index (χ1) is 12.2. The Labute approximate surface area is 160 Å². The van der Waals surface area contributed by atoms with Crippen LogP contribution in [0.5, 0.6) is 0 Å². The summed E-state index contributed by atoms with van der Waals surface area (Å²) in [5, 5.41) is 0.516. The molecule has 0 aliphatic carbocycles. The average Bonchev–Trinajstić information content (AvgIpc) is 2.61. The normalized spacial score (nSPS) is 11.4. The quantitative estimate of drug-likeness (QED) is 0.781. The molecule has 1 amide bonds. The lowest BCUT2D eigenvalue weighted by molar-refractivity contribution is -0.116. The highest BCUT2D eigenvalue weighted by Crippen LogP contribution is 2.19. The summed E-state index contributed by atoms with van der Waals surface area (Å²) in [7, 11) is -3.66. The third-order valence-electron chi connectivity index (χ3n) is 4.10. The predicted molar refractivity (Wildman–Crippen MR) is 105 cm³/mol. The van der Waals surface area contributed by atoms with E-state index in [2.05, 4.69) is 11.6 Å². The monoisotopic (exact) mass is 394 g/mol. The molecule has 140 valence electrons. The SMILES string of the molecule is CCc1ccc(N(CCNS(=O)(=O)c2ccc(Cl)c(C)c2)C(C)=O)cc1. The van der Waals surface area contributed by atoms with Crippen LogP contribution in [0, 0.1) is 6.92 Å². The Kier molecular flexibility index (Phi) is 6.81. The second-order valence-corrected chi connectivity index (χ2v) is 8.17. The van der Waals surface area contributed by atoms with Gasteiger partial charge in [0.1, 0.15) is 0 Å². The van der Waals surface area contributed by atoms with Crippen LogP contribution in [0.2, 0.25) is 5.02 Å². The third kappa shape index (κ3) is 5.06. The van der Waals surface area contributed by atoms with Crippen molar-refractivity contribution in [3.05, 3.63) is 58.6 Å². The molecule has 2 aromatic rings. The van der Waals surface area contributed by atoms with E-state index >= 15 is 0 Å². The number of benzene rings is 2. The minimum atomic E-state index is -3.66.